The maximum atomic E-state index is 5.96. The number of nitrogens with two attached hydrogens (primary N) is 1. The molecule has 0 aromatic heterocycles. The van der Waals surface area contributed by atoms with Crippen LogP contribution in [0.1, 0.15) is 47.0 Å². The second kappa shape index (κ2) is 4.19. The first-order chi connectivity index (χ1) is 6.46. The minimum absolute atomic E-state index is 0.208. The van der Waals surface area contributed by atoms with Gasteiger partial charge in [0.1, 0.15) is 0 Å². The SMILES string of the molecule is CCCNC1(CN)CC(C)(C)CC1C. The summed E-state index contributed by atoms with van der Waals surface area (Å²) in [6, 6.07) is 0. The normalized spacial score (nSPS) is 36.2. The van der Waals surface area contributed by atoms with E-state index in [9.17, 15) is 0 Å². The Bertz CT molecular complexity index is 189. The predicted octanol–water partition coefficient (Wildman–Crippen LogP) is 2.14. The first-order valence-electron chi connectivity index (χ1n) is 5.91. The number of hydrogen-bond acceptors (Lipinski definition) is 2. The molecule has 0 radical (unpaired) electrons. The summed E-state index contributed by atoms with van der Waals surface area (Å²) in [5.74, 6) is 0.703. The molecule has 1 aliphatic rings. The van der Waals surface area contributed by atoms with Crippen LogP contribution in [-0.2, 0) is 0 Å². The van der Waals surface area contributed by atoms with E-state index in [0.717, 1.165) is 13.1 Å². The zero-order valence-corrected chi connectivity index (χ0v) is 10.2. The van der Waals surface area contributed by atoms with Gasteiger partial charge in [-0.2, -0.15) is 0 Å². The van der Waals surface area contributed by atoms with Gasteiger partial charge in [-0.3, -0.25) is 0 Å². The van der Waals surface area contributed by atoms with Crippen molar-refractivity contribution in [3.05, 3.63) is 0 Å². The fraction of sp³-hybridized carbons (Fsp3) is 1.00. The molecule has 0 spiro atoms. The molecule has 1 rings (SSSR count). The molecule has 0 aliphatic heterocycles. The summed E-state index contributed by atoms with van der Waals surface area (Å²) in [5, 5.41) is 3.67. The van der Waals surface area contributed by atoms with E-state index in [0.29, 0.717) is 11.3 Å². The summed E-state index contributed by atoms with van der Waals surface area (Å²) in [4.78, 5) is 0. The molecule has 2 atom stereocenters. The molecule has 1 aliphatic carbocycles. The molecule has 0 aromatic rings. The summed E-state index contributed by atoms with van der Waals surface area (Å²) < 4.78 is 0. The van der Waals surface area contributed by atoms with Gasteiger partial charge in [0.05, 0.1) is 0 Å². The van der Waals surface area contributed by atoms with Crippen LogP contribution in [-0.4, -0.2) is 18.6 Å². The Morgan fingerprint density at radius 1 is 1.43 bits per heavy atom. The maximum Gasteiger partial charge on any atom is 0.0335 e. The minimum atomic E-state index is 0.208. The second-order valence-electron chi connectivity index (χ2n) is 5.73. The van der Waals surface area contributed by atoms with Crippen LogP contribution in [0.3, 0.4) is 0 Å². The first kappa shape index (κ1) is 12.0. The molecule has 0 aromatic carbocycles. The third kappa shape index (κ3) is 2.29. The molecule has 3 N–H and O–H groups in total. The Labute approximate surface area is 88.6 Å². The highest BCUT2D eigenvalue weighted by atomic mass is 15.0. The second-order valence-corrected chi connectivity index (χ2v) is 5.73. The zero-order valence-electron chi connectivity index (χ0n) is 10.2. The van der Waals surface area contributed by atoms with Crippen molar-refractivity contribution < 1.29 is 0 Å². The highest BCUT2D eigenvalue weighted by Crippen LogP contribution is 2.46. The van der Waals surface area contributed by atoms with E-state index >= 15 is 0 Å². The molecule has 1 saturated carbocycles. The average molecular weight is 198 g/mol. The molecule has 0 saturated heterocycles. The predicted molar refractivity (Wildman–Crippen MR) is 62.3 cm³/mol. The van der Waals surface area contributed by atoms with Gasteiger partial charge in [-0.05, 0) is 37.1 Å². The van der Waals surface area contributed by atoms with Crippen LogP contribution in [0.5, 0.6) is 0 Å². The lowest BCUT2D eigenvalue weighted by Gasteiger charge is -2.34. The van der Waals surface area contributed by atoms with Crippen molar-refractivity contribution in [2.45, 2.75) is 52.5 Å². The van der Waals surface area contributed by atoms with Gasteiger partial charge in [-0.1, -0.05) is 27.7 Å². The van der Waals surface area contributed by atoms with Gasteiger partial charge in [-0.15, -0.1) is 0 Å². The topological polar surface area (TPSA) is 38.0 Å². The van der Waals surface area contributed by atoms with E-state index in [1.54, 1.807) is 0 Å². The number of rotatable bonds is 4. The molecule has 0 heterocycles. The highest BCUT2D eigenvalue weighted by molar-refractivity contribution is 5.04. The summed E-state index contributed by atoms with van der Waals surface area (Å²) in [7, 11) is 0. The Hall–Kier alpha value is -0.0800. The molecular weight excluding hydrogens is 172 g/mol. The largest absolute Gasteiger partial charge is 0.329 e. The van der Waals surface area contributed by atoms with Crippen molar-refractivity contribution in [2.75, 3.05) is 13.1 Å². The van der Waals surface area contributed by atoms with E-state index < -0.39 is 0 Å². The van der Waals surface area contributed by atoms with Crippen molar-refractivity contribution in [1.29, 1.82) is 0 Å². The smallest absolute Gasteiger partial charge is 0.0335 e. The van der Waals surface area contributed by atoms with E-state index in [2.05, 4.69) is 33.0 Å². The van der Waals surface area contributed by atoms with Gasteiger partial charge in [-0.25, -0.2) is 0 Å². The van der Waals surface area contributed by atoms with Crippen LogP contribution in [0.25, 0.3) is 0 Å². The van der Waals surface area contributed by atoms with E-state index in [1.165, 1.54) is 19.3 Å². The molecule has 0 bridgehead atoms. The lowest BCUT2D eigenvalue weighted by atomic mass is 9.86. The van der Waals surface area contributed by atoms with E-state index in [1.807, 2.05) is 0 Å². The molecule has 0 amide bonds. The lowest BCUT2D eigenvalue weighted by Crippen LogP contribution is -2.53. The van der Waals surface area contributed by atoms with Crippen LogP contribution < -0.4 is 11.1 Å². The van der Waals surface area contributed by atoms with Gasteiger partial charge in [0.15, 0.2) is 0 Å². The van der Waals surface area contributed by atoms with Crippen LogP contribution >= 0.6 is 0 Å². The van der Waals surface area contributed by atoms with Crippen molar-refractivity contribution >= 4 is 0 Å². The molecule has 2 nitrogen and oxygen atoms in total. The highest BCUT2D eigenvalue weighted by Gasteiger charge is 2.47. The summed E-state index contributed by atoms with van der Waals surface area (Å²) >= 11 is 0. The van der Waals surface area contributed by atoms with Crippen molar-refractivity contribution in [3.63, 3.8) is 0 Å². The number of hydrogen-bond donors (Lipinski definition) is 2. The van der Waals surface area contributed by atoms with Crippen LogP contribution in [0, 0.1) is 11.3 Å². The molecular formula is C12H26N2. The molecule has 84 valence electrons. The number of nitrogens with one attached hydrogen (secondary N) is 1. The van der Waals surface area contributed by atoms with Crippen molar-refractivity contribution in [3.8, 4) is 0 Å². The standard InChI is InChI=1S/C12H26N2/c1-5-6-14-12(9-13)8-11(3,4)7-10(12)2/h10,14H,5-9,13H2,1-4H3. The van der Waals surface area contributed by atoms with Gasteiger partial charge in [0, 0.05) is 12.1 Å². The summed E-state index contributed by atoms with van der Waals surface area (Å²) in [6.07, 6.45) is 3.70. The Balaban J connectivity index is 2.69. The quantitative estimate of drug-likeness (QED) is 0.726. The van der Waals surface area contributed by atoms with Crippen molar-refractivity contribution in [2.24, 2.45) is 17.1 Å². The van der Waals surface area contributed by atoms with Crippen LogP contribution in [0.4, 0.5) is 0 Å². The van der Waals surface area contributed by atoms with Gasteiger partial charge >= 0.3 is 0 Å². The van der Waals surface area contributed by atoms with Crippen LogP contribution in [0.2, 0.25) is 0 Å². The van der Waals surface area contributed by atoms with E-state index in [-0.39, 0.29) is 5.54 Å². The summed E-state index contributed by atoms with van der Waals surface area (Å²) in [5.41, 5.74) is 6.62. The van der Waals surface area contributed by atoms with Gasteiger partial charge < -0.3 is 11.1 Å². The van der Waals surface area contributed by atoms with Gasteiger partial charge in [0.25, 0.3) is 0 Å². The molecule has 2 heteroatoms. The molecule has 1 fully saturated rings. The fourth-order valence-corrected chi connectivity index (χ4v) is 3.08. The van der Waals surface area contributed by atoms with Crippen molar-refractivity contribution in [1.82, 2.24) is 5.32 Å². The third-order valence-corrected chi connectivity index (χ3v) is 3.69. The fourth-order valence-electron chi connectivity index (χ4n) is 3.08. The van der Waals surface area contributed by atoms with Crippen LogP contribution in [0.15, 0.2) is 0 Å². The monoisotopic (exact) mass is 198 g/mol. The zero-order chi connectivity index (χ0) is 10.8. The first-order valence-corrected chi connectivity index (χ1v) is 5.91. The lowest BCUT2D eigenvalue weighted by molar-refractivity contribution is 0.257. The minimum Gasteiger partial charge on any atom is -0.329 e. The maximum absolute atomic E-state index is 5.96. The molecule has 14 heavy (non-hydrogen) atoms. The Kier molecular flexibility index (Phi) is 3.59. The molecule has 2 unspecified atom stereocenters. The average Bonchev–Trinajstić information content (AvgIpc) is 2.33. The Morgan fingerprint density at radius 2 is 2.07 bits per heavy atom. The summed E-state index contributed by atoms with van der Waals surface area (Å²) in [6.45, 7) is 11.1. The van der Waals surface area contributed by atoms with E-state index in [4.69, 9.17) is 5.73 Å². The Morgan fingerprint density at radius 3 is 2.43 bits per heavy atom. The van der Waals surface area contributed by atoms with Gasteiger partial charge in [0.2, 0.25) is 0 Å². The third-order valence-electron chi connectivity index (χ3n) is 3.69.